The van der Waals surface area contributed by atoms with Crippen molar-refractivity contribution in [2.45, 2.75) is 13.8 Å². The summed E-state index contributed by atoms with van der Waals surface area (Å²) in [5.41, 5.74) is 44.1. The topological polar surface area (TPSA) is 24.6 Å². The highest BCUT2D eigenvalue weighted by atomic mass is 15.0. The third-order valence-corrected chi connectivity index (χ3v) is 28.7. The molecule has 5 heteroatoms. The normalized spacial score (nSPS) is 11.7. The average Bonchev–Trinajstić information content (AvgIpc) is 1.54. The van der Waals surface area contributed by atoms with Crippen LogP contribution in [0.5, 0.6) is 0 Å². The predicted molar refractivity (Wildman–Crippen MR) is 588 cm³/mol. The number of para-hydroxylation sites is 5. The van der Waals surface area contributed by atoms with Crippen LogP contribution >= 0.6 is 0 Å². The van der Waals surface area contributed by atoms with Gasteiger partial charge in [0.2, 0.25) is 0 Å². The molecule has 0 aliphatic rings. The fraction of sp³-hybridized carbons (Fsp3) is 0.0149. The van der Waals surface area contributed by atoms with Gasteiger partial charge in [0.1, 0.15) is 0 Å². The van der Waals surface area contributed by atoms with E-state index in [9.17, 15) is 0 Å². The Labute approximate surface area is 806 Å². The minimum atomic E-state index is 1.12. The summed E-state index contributed by atoms with van der Waals surface area (Å²) in [6.07, 6.45) is 0. The zero-order valence-electron chi connectivity index (χ0n) is 76.8. The number of benzene rings is 22. The molecule has 0 saturated heterocycles. The second-order valence-corrected chi connectivity index (χ2v) is 36.6. The highest BCUT2D eigenvalue weighted by Gasteiger charge is 2.27. The molecular weight excluding hydrogens is 1680 g/mol. The van der Waals surface area contributed by atoms with E-state index in [1.54, 1.807) is 0 Å². The fourth-order valence-corrected chi connectivity index (χ4v) is 22.3. The summed E-state index contributed by atoms with van der Waals surface area (Å²) >= 11 is 0. The van der Waals surface area contributed by atoms with Gasteiger partial charge in [-0.3, -0.25) is 0 Å². The molecule has 0 spiro atoms. The van der Waals surface area contributed by atoms with E-state index in [0.29, 0.717) is 0 Å². The molecule has 0 radical (unpaired) electrons. The van der Waals surface area contributed by atoms with Gasteiger partial charge in [0.15, 0.2) is 0 Å². The van der Waals surface area contributed by atoms with Crippen molar-refractivity contribution in [2.75, 3.05) is 0 Å². The Kier molecular flexibility index (Phi) is 20.0. The summed E-state index contributed by atoms with van der Waals surface area (Å²) in [5.74, 6) is 0. The quantitative estimate of drug-likeness (QED) is 0.0977. The molecule has 0 fully saturated rings. The summed E-state index contributed by atoms with van der Waals surface area (Å²) in [7, 11) is 0. The molecule has 22 aromatic carbocycles. The molecule has 652 valence electrons. The predicted octanol–water partition coefficient (Wildman–Crippen LogP) is 36.1. The van der Waals surface area contributed by atoms with Gasteiger partial charge >= 0.3 is 0 Å². The molecule has 139 heavy (non-hydrogen) atoms. The maximum absolute atomic E-state index is 2.54. The molecule has 0 atom stereocenters. The SMILES string of the molecule is Cc1c(-c2ccccc2)cccc1-c1cc(-c2ccccc2)cc(-n2c3ccccc3c3ccc4c(c5ccccc5n4-c4ccc5c(c4)c4ccccc4n5-c4cccc(-c5cccc(-c6ccccc6)c5)c4)c32)c1.Cc1c(-c2ccccc2)cccc1-c1cc(-c2ccccc2)cc(-n2c3ccccc3c3ccc4c(c5ccccc5n4-c4cccc(-c5cccc(-c6ccccc6)c5)c4)c32)c1. The van der Waals surface area contributed by atoms with Crippen molar-refractivity contribution in [3.8, 4) is 140 Å². The van der Waals surface area contributed by atoms with Crippen molar-refractivity contribution in [1.29, 1.82) is 0 Å². The van der Waals surface area contributed by atoms with Gasteiger partial charge < -0.3 is 22.8 Å². The first-order valence-electron chi connectivity index (χ1n) is 48.0. The highest BCUT2D eigenvalue weighted by molar-refractivity contribution is 6.28. The van der Waals surface area contributed by atoms with Crippen molar-refractivity contribution >= 4 is 109 Å². The molecule has 0 aliphatic heterocycles. The molecule has 0 saturated carbocycles. The third kappa shape index (κ3) is 14.1. The molecule has 0 aliphatic carbocycles. The largest absolute Gasteiger partial charge is 0.309 e. The molecule has 0 bridgehead atoms. The van der Waals surface area contributed by atoms with E-state index in [4.69, 9.17) is 0 Å². The first kappa shape index (κ1) is 81.6. The summed E-state index contributed by atoms with van der Waals surface area (Å²) in [6.45, 7) is 4.53. The van der Waals surface area contributed by atoms with E-state index < -0.39 is 0 Å². The minimum Gasteiger partial charge on any atom is -0.309 e. The number of fused-ring (bicyclic) bond motifs is 17. The van der Waals surface area contributed by atoms with Gasteiger partial charge in [-0.15, -0.1) is 0 Å². The van der Waals surface area contributed by atoms with Crippen molar-refractivity contribution < 1.29 is 0 Å². The van der Waals surface area contributed by atoms with E-state index in [2.05, 4.69) is 552 Å². The zero-order chi connectivity index (χ0) is 92.1. The fourth-order valence-electron chi connectivity index (χ4n) is 22.3. The Hall–Kier alpha value is -18.2. The van der Waals surface area contributed by atoms with Crippen LogP contribution < -0.4 is 0 Å². The molecule has 0 unspecified atom stereocenters. The highest BCUT2D eigenvalue weighted by Crippen LogP contribution is 2.49. The lowest BCUT2D eigenvalue weighted by Crippen LogP contribution is -1.98. The van der Waals surface area contributed by atoms with Gasteiger partial charge in [-0.2, -0.15) is 0 Å². The summed E-state index contributed by atoms with van der Waals surface area (Å²) < 4.78 is 12.5. The van der Waals surface area contributed by atoms with Crippen LogP contribution in [0.4, 0.5) is 0 Å². The van der Waals surface area contributed by atoms with Crippen LogP contribution in [0.2, 0.25) is 0 Å². The number of aromatic nitrogens is 5. The molecule has 0 amide bonds. The van der Waals surface area contributed by atoms with Gasteiger partial charge in [0, 0.05) is 82.3 Å². The van der Waals surface area contributed by atoms with Gasteiger partial charge in [-0.1, -0.05) is 382 Å². The van der Waals surface area contributed by atoms with E-state index in [0.717, 1.165) is 34.0 Å². The third-order valence-electron chi connectivity index (χ3n) is 28.7. The van der Waals surface area contributed by atoms with E-state index in [1.165, 1.54) is 226 Å². The Morgan fingerprint density at radius 1 is 0.122 bits per heavy atom. The van der Waals surface area contributed by atoms with E-state index in [1.807, 2.05) is 0 Å². The maximum atomic E-state index is 2.54. The summed E-state index contributed by atoms with van der Waals surface area (Å²) in [4.78, 5) is 0. The molecule has 5 nitrogen and oxygen atoms in total. The van der Waals surface area contributed by atoms with Gasteiger partial charge in [0.05, 0.1) is 55.2 Å². The summed E-state index contributed by atoms with van der Waals surface area (Å²) in [5, 5.41) is 12.3. The van der Waals surface area contributed by atoms with Crippen LogP contribution in [0.3, 0.4) is 0 Å². The molecule has 5 aromatic heterocycles. The Balaban J connectivity index is 0.000000146. The van der Waals surface area contributed by atoms with Crippen molar-refractivity contribution in [3.05, 3.63) is 527 Å². The molecular formula is C134H91N5. The van der Waals surface area contributed by atoms with Crippen LogP contribution in [0, 0.1) is 13.8 Å². The lowest BCUT2D eigenvalue weighted by Gasteiger charge is -2.17. The second kappa shape index (κ2) is 34.1. The number of rotatable bonds is 15. The van der Waals surface area contributed by atoms with Crippen molar-refractivity contribution in [3.63, 3.8) is 0 Å². The van der Waals surface area contributed by atoms with Gasteiger partial charge in [0.25, 0.3) is 0 Å². The van der Waals surface area contributed by atoms with Crippen LogP contribution in [0.25, 0.3) is 249 Å². The number of nitrogens with zero attached hydrogens (tertiary/aromatic N) is 5. The molecule has 0 N–H and O–H groups in total. The smallest absolute Gasteiger partial charge is 0.0641 e. The van der Waals surface area contributed by atoms with E-state index in [-0.39, 0.29) is 0 Å². The summed E-state index contributed by atoms with van der Waals surface area (Å²) in [6, 6.07) is 189. The lowest BCUT2D eigenvalue weighted by atomic mass is 9.91. The second-order valence-electron chi connectivity index (χ2n) is 36.6. The first-order valence-corrected chi connectivity index (χ1v) is 48.0. The van der Waals surface area contributed by atoms with Crippen molar-refractivity contribution in [2.24, 2.45) is 0 Å². The van der Waals surface area contributed by atoms with Crippen LogP contribution in [-0.4, -0.2) is 22.8 Å². The maximum Gasteiger partial charge on any atom is 0.0641 e. The number of hydrogen-bond acceptors (Lipinski definition) is 0. The molecule has 27 aromatic rings. The van der Waals surface area contributed by atoms with Crippen LogP contribution in [0.1, 0.15) is 11.1 Å². The van der Waals surface area contributed by atoms with Gasteiger partial charge in [-0.25, -0.2) is 0 Å². The van der Waals surface area contributed by atoms with Crippen LogP contribution in [0.15, 0.2) is 516 Å². The first-order chi connectivity index (χ1) is 68.8. The minimum absolute atomic E-state index is 1.12. The van der Waals surface area contributed by atoms with Gasteiger partial charge in [-0.05, 0) is 270 Å². The standard InChI is InChI=1S/C73H49N3.C61H42N2/c1-48-60(51-24-9-4-10-25-51)33-19-34-61(48)56-43-55(50-22-7-3-8-23-50)45-59(46-56)76-68-36-15-11-30-62(68)64-39-41-71-72(73(64)76)65-32-13-16-37-69(65)75(71)58-38-40-70-66(47-58)63-31-12-14-35-67(63)74(70)57-29-18-28-54(44-57)53-27-17-26-52(42-53)49-20-5-2-6-21-49;1-41-52(44-22-9-4-10-23-44)30-17-31-53(41)49-37-48(43-20-7-3-8-21-43)39-51(40-49)63-57-32-13-11-28-54(57)55-34-35-59-60(61(55)63)56-29-12-14-33-58(56)62(59)50-27-16-26-47(38-50)46-25-15-24-45(36-46)42-18-5-2-6-19-42/h2-47H,1H3;2-40H,1H3. The average molecular weight is 1770 g/mol. The van der Waals surface area contributed by atoms with Crippen molar-refractivity contribution in [1.82, 2.24) is 22.8 Å². The van der Waals surface area contributed by atoms with Crippen LogP contribution in [-0.2, 0) is 0 Å². The Morgan fingerprint density at radius 3 is 0.748 bits per heavy atom. The monoisotopic (exact) mass is 1770 g/mol. The molecule has 27 rings (SSSR count). The number of hydrogen-bond donors (Lipinski definition) is 0. The lowest BCUT2D eigenvalue weighted by molar-refractivity contribution is 1.16. The molecule has 5 heterocycles. The van der Waals surface area contributed by atoms with E-state index >= 15 is 0 Å². The Morgan fingerprint density at radius 2 is 0.360 bits per heavy atom. The zero-order valence-corrected chi connectivity index (χ0v) is 76.8. The Bertz CT molecular complexity index is 9500.